The Morgan fingerprint density at radius 2 is 2.15 bits per heavy atom. The molecule has 0 saturated heterocycles. The second kappa shape index (κ2) is 5.37. The first kappa shape index (κ1) is 14.1. The lowest BCUT2D eigenvalue weighted by Crippen LogP contribution is -2.29. The van der Waals surface area contributed by atoms with Crippen LogP contribution in [0.5, 0.6) is 11.5 Å². The number of fused-ring (bicyclic) bond motifs is 1. The summed E-state index contributed by atoms with van der Waals surface area (Å²) in [7, 11) is 0. The highest BCUT2D eigenvalue weighted by Gasteiger charge is 2.25. The summed E-state index contributed by atoms with van der Waals surface area (Å²) in [4.78, 5) is 10.5. The van der Waals surface area contributed by atoms with E-state index in [4.69, 9.17) is 4.74 Å². The van der Waals surface area contributed by atoms with Crippen LogP contribution in [0.15, 0.2) is 42.0 Å². The first-order valence-electron chi connectivity index (χ1n) is 6.47. The summed E-state index contributed by atoms with van der Waals surface area (Å²) in [6.45, 7) is 5.59. The van der Waals surface area contributed by atoms with Crippen molar-refractivity contribution < 1.29 is 14.6 Å². The number of hydrogen-bond donors (Lipinski definition) is 1. The van der Waals surface area contributed by atoms with Gasteiger partial charge in [-0.2, -0.15) is 0 Å². The molecule has 1 heterocycles. The molecular formula is C17H18O3. The summed E-state index contributed by atoms with van der Waals surface area (Å²) >= 11 is 0. The third kappa shape index (κ3) is 2.99. The molecule has 3 heteroatoms. The van der Waals surface area contributed by atoms with Crippen LogP contribution in [0.2, 0.25) is 0 Å². The average Bonchev–Trinajstić information content (AvgIpc) is 2.39. The van der Waals surface area contributed by atoms with Gasteiger partial charge in [0.05, 0.1) is 0 Å². The standard InChI is InChI=1S/C17H18O3/c1-12(11-18)5-4-7-17(3)8-6-14-10-15(19)9-13(2)16(14)20-17/h4-11,19H,1-3H3. The Kier molecular flexibility index (Phi) is 3.79. The van der Waals surface area contributed by atoms with E-state index in [1.807, 2.05) is 38.2 Å². The van der Waals surface area contributed by atoms with Gasteiger partial charge in [0, 0.05) is 5.56 Å². The Morgan fingerprint density at radius 3 is 2.85 bits per heavy atom. The van der Waals surface area contributed by atoms with E-state index in [1.54, 1.807) is 25.1 Å². The van der Waals surface area contributed by atoms with Gasteiger partial charge in [-0.05, 0) is 56.2 Å². The van der Waals surface area contributed by atoms with E-state index in [9.17, 15) is 9.90 Å². The van der Waals surface area contributed by atoms with E-state index in [0.29, 0.717) is 5.57 Å². The number of phenolic OH excluding ortho intramolecular Hbond substituents is 1. The smallest absolute Gasteiger partial charge is 0.145 e. The van der Waals surface area contributed by atoms with Gasteiger partial charge in [0.25, 0.3) is 0 Å². The number of allylic oxidation sites excluding steroid dienone is 3. The molecule has 1 unspecified atom stereocenters. The van der Waals surface area contributed by atoms with Crippen molar-refractivity contribution in [2.75, 3.05) is 0 Å². The van der Waals surface area contributed by atoms with Crippen LogP contribution < -0.4 is 4.74 Å². The number of aldehydes is 1. The van der Waals surface area contributed by atoms with Crippen molar-refractivity contribution >= 4 is 12.4 Å². The Morgan fingerprint density at radius 1 is 1.40 bits per heavy atom. The van der Waals surface area contributed by atoms with E-state index < -0.39 is 5.60 Å². The van der Waals surface area contributed by atoms with Gasteiger partial charge in [0.15, 0.2) is 0 Å². The minimum atomic E-state index is -0.561. The van der Waals surface area contributed by atoms with Gasteiger partial charge < -0.3 is 9.84 Å². The van der Waals surface area contributed by atoms with Crippen molar-refractivity contribution in [3.8, 4) is 11.5 Å². The Labute approximate surface area is 118 Å². The summed E-state index contributed by atoms with van der Waals surface area (Å²) in [6, 6.07) is 3.36. The lowest BCUT2D eigenvalue weighted by molar-refractivity contribution is -0.104. The number of carbonyl (C=O) groups is 1. The molecule has 0 saturated carbocycles. The van der Waals surface area contributed by atoms with Crippen molar-refractivity contribution in [1.29, 1.82) is 0 Å². The molecule has 3 nitrogen and oxygen atoms in total. The Bertz CT molecular complexity index is 623. The molecule has 104 valence electrons. The molecule has 0 radical (unpaired) electrons. The van der Waals surface area contributed by atoms with Gasteiger partial charge >= 0.3 is 0 Å². The zero-order chi connectivity index (χ0) is 14.8. The summed E-state index contributed by atoms with van der Waals surface area (Å²) < 4.78 is 6.02. The van der Waals surface area contributed by atoms with Crippen LogP contribution >= 0.6 is 0 Å². The largest absolute Gasteiger partial charge is 0.508 e. The lowest BCUT2D eigenvalue weighted by Gasteiger charge is -2.30. The summed E-state index contributed by atoms with van der Waals surface area (Å²) in [5.74, 6) is 1.01. The molecule has 20 heavy (non-hydrogen) atoms. The second-order valence-corrected chi connectivity index (χ2v) is 5.19. The van der Waals surface area contributed by atoms with E-state index in [0.717, 1.165) is 23.2 Å². The highest BCUT2D eigenvalue weighted by atomic mass is 16.5. The Hall–Kier alpha value is -2.29. The molecule has 1 aliphatic rings. The second-order valence-electron chi connectivity index (χ2n) is 5.19. The number of benzene rings is 1. The fourth-order valence-electron chi connectivity index (χ4n) is 2.07. The fourth-order valence-corrected chi connectivity index (χ4v) is 2.07. The van der Waals surface area contributed by atoms with Crippen molar-refractivity contribution in [3.63, 3.8) is 0 Å². The van der Waals surface area contributed by atoms with E-state index in [2.05, 4.69) is 0 Å². The number of rotatable bonds is 3. The quantitative estimate of drug-likeness (QED) is 0.519. The van der Waals surface area contributed by atoms with Gasteiger partial charge in [-0.15, -0.1) is 0 Å². The number of phenols is 1. The molecule has 0 aliphatic carbocycles. The van der Waals surface area contributed by atoms with Crippen molar-refractivity contribution in [1.82, 2.24) is 0 Å². The highest BCUT2D eigenvalue weighted by Crippen LogP contribution is 2.36. The van der Waals surface area contributed by atoms with Gasteiger partial charge in [-0.25, -0.2) is 0 Å². The maximum atomic E-state index is 10.5. The molecule has 0 fully saturated rings. The van der Waals surface area contributed by atoms with Crippen molar-refractivity contribution in [2.45, 2.75) is 26.4 Å². The molecule has 0 aromatic heterocycles. The monoisotopic (exact) mass is 270 g/mol. The number of carbonyl (C=O) groups excluding carboxylic acids is 1. The van der Waals surface area contributed by atoms with Gasteiger partial charge in [-0.3, -0.25) is 4.79 Å². The summed E-state index contributed by atoms with van der Waals surface area (Å²) in [5.41, 5.74) is 1.86. The molecule has 2 rings (SSSR count). The normalized spacial score (nSPS) is 21.6. The van der Waals surface area contributed by atoms with Gasteiger partial charge in [0.2, 0.25) is 0 Å². The van der Waals surface area contributed by atoms with E-state index >= 15 is 0 Å². The maximum Gasteiger partial charge on any atom is 0.145 e. The van der Waals surface area contributed by atoms with Crippen LogP contribution in [0.3, 0.4) is 0 Å². The Balaban J connectivity index is 2.29. The van der Waals surface area contributed by atoms with E-state index in [1.165, 1.54) is 0 Å². The predicted molar refractivity (Wildman–Crippen MR) is 79.9 cm³/mol. The molecule has 0 bridgehead atoms. The SMILES string of the molecule is CC(C=O)=CC=CC1(C)C=Cc2cc(O)cc(C)c2O1. The maximum absolute atomic E-state index is 10.5. The molecule has 1 aromatic carbocycles. The minimum absolute atomic E-state index is 0.234. The van der Waals surface area contributed by atoms with Crippen LogP contribution in [-0.2, 0) is 4.79 Å². The van der Waals surface area contributed by atoms with E-state index in [-0.39, 0.29) is 5.75 Å². The van der Waals surface area contributed by atoms with Crippen LogP contribution in [0.25, 0.3) is 6.08 Å². The topological polar surface area (TPSA) is 46.5 Å². The third-order valence-corrected chi connectivity index (χ3v) is 3.18. The van der Waals surface area contributed by atoms with Crippen LogP contribution in [0, 0.1) is 6.92 Å². The average molecular weight is 270 g/mol. The van der Waals surface area contributed by atoms with Gasteiger partial charge in [0.1, 0.15) is 23.4 Å². The van der Waals surface area contributed by atoms with Crippen LogP contribution in [0.4, 0.5) is 0 Å². The predicted octanol–water partition coefficient (Wildman–Crippen LogP) is 3.57. The highest BCUT2D eigenvalue weighted by molar-refractivity contribution is 5.72. The minimum Gasteiger partial charge on any atom is -0.508 e. The third-order valence-electron chi connectivity index (χ3n) is 3.18. The molecule has 0 spiro atoms. The van der Waals surface area contributed by atoms with Crippen LogP contribution in [0.1, 0.15) is 25.0 Å². The zero-order valence-electron chi connectivity index (χ0n) is 11.9. The molecule has 1 aromatic rings. The number of aromatic hydroxyl groups is 1. The lowest BCUT2D eigenvalue weighted by atomic mass is 9.97. The number of hydrogen-bond acceptors (Lipinski definition) is 3. The molecule has 1 N–H and O–H groups in total. The molecule has 1 atom stereocenters. The van der Waals surface area contributed by atoms with Gasteiger partial charge in [-0.1, -0.05) is 18.2 Å². The van der Waals surface area contributed by atoms with Crippen LogP contribution in [-0.4, -0.2) is 17.0 Å². The summed E-state index contributed by atoms with van der Waals surface area (Å²) in [5, 5.41) is 9.58. The first-order valence-corrected chi connectivity index (χ1v) is 6.47. The van der Waals surface area contributed by atoms with Crippen molar-refractivity contribution in [3.05, 3.63) is 53.1 Å². The zero-order valence-corrected chi connectivity index (χ0v) is 11.9. The summed E-state index contributed by atoms with van der Waals surface area (Å²) in [6.07, 6.45) is 10.1. The number of aryl methyl sites for hydroxylation is 1. The first-order chi connectivity index (χ1) is 9.43. The molecule has 0 amide bonds. The molecule has 1 aliphatic heterocycles. The molecular weight excluding hydrogens is 252 g/mol. The fraction of sp³-hybridized carbons (Fsp3) is 0.235. The van der Waals surface area contributed by atoms with Crippen molar-refractivity contribution in [2.24, 2.45) is 0 Å². The number of ether oxygens (including phenoxy) is 1.